The fourth-order valence-electron chi connectivity index (χ4n) is 4.62. The SMILES string of the molecule is Cl.O=C(CCN1CCN2CCCC2C1)N1c2ccccc2Sc2ccc(Cl)cc21. The number of para-hydroxylation sites is 1. The molecule has 0 aromatic heterocycles. The Bertz CT molecular complexity index is 909. The number of hydrogen-bond donors (Lipinski definition) is 0. The number of carbonyl (C=O) groups excluding carboxylic acids is 1. The van der Waals surface area contributed by atoms with Crippen LogP contribution in [0.1, 0.15) is 19.3 Å². The monoisotopic (exact) mass is 449 g/mol. The summed E-state index contributed by atoms with van der Waals surface area (Å²) in [6, 6.07) is 14.6. The zero-order valence-electron chi connectivity index (χ0n) is 16.2. The Morgan fingerprint density at radius 2 is 1.90 bits per heavy atom. The molecule has 2 fully saturated rings. The first-order valence-corrected chi connectivity index (χ1v) is 11.2. The van der Waals surface area contributed by atoms with Crippen molar-refractivity contribution in [1.82, 2.24) is 9.80 Å². The third kappa shape index (κ3) is 4.17. The largest absolute Gasteiger partial charge is 0.300 e. The Kier molecular flexibility index (Phi) is 6.42. The average Bonchev–Trinajstić information content (AvgIpc) is 3.18. The number of hydrogen-bond acceptors (Lipinski definition) is 4. The lowest BCUT2D eigenvalue weighted by Crippen LogP contribution is -2.50. The van der Waals surface area contributed by atoms with Gasteiger partial charge in [-0.2, -0.15) is 0 Å². The van der Waals surface area contributed by atoms with E-state index in [0.29, 0.717) is 17.5 Å². The second-order valence-electron chi connectivity index (χ2n) is 7.79. The Labute approximate surface area is 187 Å². The highest BCUT2D eigenvalue weighted by Crippen LogP contribution is 2.48. The second-order valence-corrected chi connectivity index (χ2v) is 9.31. The van der Waals surface area contributed by atoms with E-state index in [-0.39, 0.29) is 18.3 Å². The lowest BCUT2D eigenvalue weighted by molar-refractivity contribution is -0.118. The average molecular weight is 450 g/mol. The Morgan fingerprint density at radius 1 is 1.07 bits per heavy atom. The standard InChI is InChI=1S/C22H24ClN3OS.ClH/c23-16-7-8-21-19(14-16)26(18-5-1-2-6-20(18)28-21)22(27)9-11-24-12-13-25-10-3-4-17(25)15-24;/h1-2,5-8,14,17H,3-4,9-13,15H2;1H. The quantitative estimate of drug-likeness (QED) is 0.653. The number of nitrogens with zero attached hydrogens (tertiary/aromatic N) is 3. The summed E-state index contributed by atoms with van der Waals surface area (Å²) >= 11 is 7.96. The van der Waals surface area contributed by atoms with Gasteiger partial charge >= 0.3 is 0 Å². The van der Waals surface area contributed by atoms with E-state index in [1.165, 1.54) is 19.4 Å². The lowest BCUT2D eigenvalue weighted by atomic mass is 10.1. The van der Waals surface area contributed by atoms with E-state index < -0.39 is 0 Å². The summed E-state index contributed by atoms with van der Waals surface area (Å²) in [5.41, 5.74) is 1.87. The van der Waals surface area contributed by atoms with Crippen molar-refractivity contribution >= 4 is 53.1 Å². The van der Waals surface area contributed by atoms with Crippen LogP contribution in [-0.4, -0.2) is 54.5 Å². The summed E-state index contributed by atoms with van der Waals surface area (Å²) < 4.78 is 0. The van der Waals surface area contributed by atoms with Crippen molar-refractivity contribution in [2.45, 2.75) is 35.1 Å². The minimum absolute atomic E-state index is 0. The fraction of sp³-hybridized carbons (Fsp3) is 0.409. The molecule has 0 saturated carbocycles. The number of rotatable bonds is 3. The molecule has 5 rings (SSSR count). The molecular weight excluding hydrogens is 425 g/mol. The minimum atomic E-state index is 0. The van der Waals surface area contributed by atoms with Crippen LogP contribution in [0.4, 0.5) is 11.4 Å². The molecule has 0 radical (unpaired) electrons. The van der Waals surface area contributed by atoms with Crippen molar-refractivity contribution in [2.75, 3.05) is 37.6 Å². The predicted octanol–water partition coefficient (Wildman–Crippen LogP) is 5.06. The maximum Gasteiger partial charge on any atom is 0.232 e. The topological polar surface area (TPSA) is 26.8 Å². The molecule has 4 nitrogen and oxygen atoms in total. The van der Waals surface area contributed by atoms with Crippen LogP contribution in [0.25, 0.3) is 0 Å². The number of fused-ring (bicyclic) bond motifs is 3. The van der Waals surface area contributed by atoms with Crippen LogP contribution in [-0.2, 0) is 4.79 Å². The van der Waals surface area contributed by atoms with Crippen LogP contribution in [0.15, 0.2) is 52.3 Å². The van der Waals surface area contributed by atoms with E-state index in [1.807, 2.05) is 41.3 Å². The molecule has 2 saturated heterocycles. The highest BCUT2D eigenvalue weighted by atomic mass is 35.5. The first-order valence-electron chi connectivity index (χ1n) is 10.0. The van der Waals surface area contributed by atoms with Gasteiger partial charge in [-0.05, 0) is 49.7 Å². The van der Waals surface area contributed by atoms with Gasteiger partial charge in [0, 0.05) is 53.5 Å². The molecule has 0 bridgehead atoms. The van der Waals surface area contributed by atoms with Gasteiger partial charge in [0.15, 0.2) is 0 Å². The van der Waals surface area contributed by atoms with E-state index in [1.54, 1.807) is 11.8 Å². The van der Waals surface area contributed by atoms with Crippen LogP contribution in [0, 0.1) is 0 Å². The number of amides is 1. The first kappa shape index (κ1) is 21.0. The molecule has 29 heavy (non-hydrogen) atoms. The van der Waals surface area contributed by atoms with E-state index >= 15 is 0 Å². The minimum Gasteiger partial charge on any atom is -0.300 e. The van der Waals surface area contributed by atoms with Gasteiger partial charge in [0.2, 0.25) is 5.91 Å². The Balaban J connectivity index is 0.00000205. The molecule has 7 heteroatoms. The lowest BCUT2D eigenvalue weighted by Gasteiger charge is -2.38. The van der Waals surface area contributed by atoms with Crippen LogP contribution >= 0.6 is 35.8 Å². The van der Waals surface area contributed by atoms with Crippen LogP contribution in [0.2, 0.25) is 5.02 Å². The van der Waals surface area contributed by atoms with E-state index in [9.17, 15) is 4.79 Å². The number of carbonyl (C=O) groups is 1. The van der Waals surface area contributed by atoms with Crippen LogP contribution in [0.3, 0.4) is 0 Å². The molecule has 0 N–H and O–H groups in total. The summed E-state index contributed by atoms with van der Waals surface area (Å²) in [5, 5.41) is 0.661. The maximum absolute atomic E-state index is 13.3. The van der Waals surface area contributed by atoms with Gasteiger partial charge in [0.05, 0.1) is 11.4 Å². The van der Waals surface area contributed by atoms with Crippen molar-refractivity contribution in [3.05, 3.63) is 47.5 Å². The van der Waals surface area contributed by atoms with Gasteiger partial charge in [0.25, 0.3) is 0 Å². The summed E-state index contributed by atoms with van der Waals surface area (Å²) in [6.07, 6.45) is 3.14. The number of piperazine rings is 1. The van der Waals surface area contributed by atoms with Crippen molar-refractivity contribution in [3.8, 4) is 0 Å². The molecule has 0 spiro atoms. The number of anilines is 2. The van der Waals surface area contributed by atoms with E-state index in [0.717, 1.165) is 47.3 Å². The zero-order valence-corrected chi connectivity index (χ0v) is 18.6. The summed E-state index contributed by atoms with van der Waals surface area (Å²) in [4.78, 5) is 22.5. The smallest absolute Gasteiger partial charge is 0.232 e. The van der Waals surface area contributed by atoms with E-state index in [2.05, 4.69) is 15.9 Å². The zero-order chi connectivity index (χ0) is 19.1. The molecule has 0 aliphatic carbocycles. The molecule has 2 aromatic rings. The van der Waals surface area contributed by atoms with Gasteiger partial charge in [-0.15, -0.1) is 12.4 Å². The number of benzene rings is 2. The normalized spacial score (nSPS) is 21.1. The van der Waals surface area contributed by atoms with E-state index in [4.69, 9.17) is 11.6 Å². The van der Waals surface area contributed by atoms with Crippen molar-refractivity contribution in [2.24, 2.45) is 0 Å². The Hall–Kier alpha value is -1.24. The van der Waals surface area contributed by atoms with Gasteiger partial charge in [-0.1, -0.05) is 35.5 Å². The molecule has 1 unspecified atom stereocenters. The van der Waals surface area contributed by atoms with Gasteiger partial charge in [-0.25, -0.2) is 0 Å². The molecule has 3 aliphatic rings. The third-order valence-electron chi connectivity index (χ3n) is 6.05. The van der Waals surface area contributed by atoms with Crippen LogP contribution < -0.4 is 4.90 Å². The first-order chi connectivity index (χ1) is 13.7. The van der Waals surface area contributed by atoms with Crippen molar-refractivity contribution in [3.63, 3.8) is 0 Å². The van der Waals surface area contributed by atoms with Crippen molar-refractivity contribution < 1.29 is 4.79 Å². The third-order valence-corrected chi connectivity index (χ3v) is 7.42. The second kappa shape index (κ2) is 8.86. The molecule has 1 amide bonds. The van der Waals surface area contributed by atoms with Crippen LogP contribution in [0.5, 0.6) is 0 Å². The van der Waals surface area contributed by atoms with Crippen molar-refractivity contribution in [1.29, 1.82) is 0 Å². The predicted molar refractivity (Wildman–Crippen MR) is 122 cm³/mol. The summed E-state index contributed by atoms with van der Waals surface area (Å²) in [7, 11) is 0. The highest BCUT2D eigenvalue weighted by molar-refractivity contribution is 7.99. The molecule has 154 valence electrons. The maximum atomic E-state index is 13.3. The molecule has 3 heterocycles. The van der Waals surface area contributed by atoms with Gasteiger partial charge < -0.3 is 0 Å². The number of halogens is 2. The molecule has 2 aromatic carbocycles. The Morgan fingerprint density at radius 3 is 2.79 bits per heavy atom. The molecular formula is C22H25Cl2N3OS. The summed E-state index contributed by atoms with van der Waals surface area (Å²) in [6.45, 7) is 5.38. The molecule has 3 aliphatic heterocycles. The fourth-order valence-corrected chi connectivity index (χ4v) is 5.83. The van der Waals surface area contributed by atoms with Gasteiger partial charge in [-0.3, -0.25) is 19.5 Å². The summed E-state index contributed by atoms with van der Waals surface area (Å²) in [5.74, 6) is 0.144. The molecule has 1 atom stereocenters. The highest BCUT2D eigenvalue weighted by Gasteiger charge is 2.32. The van der Waals surface area contributed by atoms with Gasteiger partial charge in [0.1, 0.15) is 0 Å².